The van der Waals surface area contributed by atoms with E-state index in [1.54, 1.807) is 12.5 Å². The van der Waals surface area contributed by atoms with E-state index in [1.807, 2.05) is 18.3 Å². The Morgan fingerprint density at radius 3 is 3.04 bits per heavy atom. The summed E-state index contributed by atoms with van der Waals surface area (Å²) in [7, 11) is 0. The van der Waals surface area contributed by atoms with Gasteiger partial charge >= 0.3 is 0 Å². The average molecular weight is 312 g/mol. The number of nitrogens with zero attached hydrogens (tertiary/aromatic N) is 4. The molecule has 1 saturated heterocycles. The van der Waals surface area contributed by atoms with Gasteiger partial charge in [-0.05, 0) is 37.3 Å². The molecule has 0 bridgehead atoms. The van der Waals surface area contributed by atoms with E-state index < -0.39 is 0 Å². The Morgan fingerprint density at radius 2 is 2.26 bits per heavy atom. The van der Waals surface area contributed by atoms with Gasteiger partial charge in [0.2, 0.25) is 0 Å². The fraction of sp³-hybridized carbons (Fsp3) is 0.471. The van der Waals surface area contributed by atoms with Gasteiger partial charge in [-0.3, -0.25) is 4.98 Å². The van der Waals surface area contributed by atoms with E-state index in [2.05, 4.69) is 32.1 Å². The average Bonchev–Trinajstić information content (AvgIpc) is 2.62. The van der Waals surface area contributed by atoms with E-state index in [-0.39, 0.29) is 0 Å². The molecule has 122 valence electrons. The summed E-state index contributed by atoms with van der Waals surface area (Å²) in [5, 5.41) is 3.30. The van der Waals surface area contributed by atoms with Crippen LogP contribution >= 0.6 is 0 Å². The van der Waals surface area contributed by atoms with Crippen LogP contribution in [-0.4, -0.2) is 27.5 Å². The summed E-state index contributed by atoms with van der Waals surface area (Å²) in [4.78, 5) is 15.2. The SMILES string of the molecule is CCC1CCCCN1c1ncnc(NCc2cccnc2)c1N. The summed E-state index contributed by atoms with van der Waals surface area (Å²) in [6, 6.07) is 4.47. The van der Waals surface area contributed by atoms with Crippen molar-refractivity contribution >= 4 is 17.3 Å². The monoisotopic (exact) mass is 312 g/mol. The number of rotatable bonds is 5. The number of nitrogens with one attached hydrogen (secondary N) is 1. The highest BCUT2D eigenvalue weighted by atomic mass is 15.2. The first-order chi connectivity index (χ1) is 11.3. The van der Waals surface area contributed by atoms with Crippen LogP contribution in [0.2, 0.25) is 0 Å². The van der Waals surface area contributed by atoms with Crippen molar-refractivity contribution < 1.29 is 0 Å². The summed E-state index contributed by atoms with van der Waals surface area (Å²) < 4.78 is 0. The second-order valence-corrected chi connectivity index (χ2v) is 5.93. The van der Waals surface area contributed by atoms with E-state index in [0.717, 1.165) is 24.3 Å². The maximum Gasteiger partial charge on any atom is 0.157 e. The quantitative estimate of drug-likeness (QED) is 0.883. The molecule has 6 heteroatoms. The lowest BCUT2D eigenvalue weighted by atomic mass is 10.00. The molecule has 3 rings (SSSR count). The zero-order valence-corrected chi connectivity index (χ0v) is 13.6. The Kier molecular flexibility index (Phi) is 4.90. The molecular weight excluding hydrogens is 288 g/mol. The van der Waals surface area contributed by atoms with Crippen molar-refractivity contribution in [2.45, 2.75) is 45.2 Å². The molecule has 1 fully saturated rings. The minimum Gasteiger partial charge on any atom is -0.393 e. The van der Waals surface area contributed by atoms with E-state index in [4.69, 9.17) is 5.73 Å². The van der Waals surface area contributed by atoms with Gasteiger partial charge in [-0.15, -0.1) is 0 Å². The molecule has 3 heterocycles. The van der Waals surface area contributed by atoms with Gasteiger partial charge in [0.1, 0.15) is 12.0 Å². The summed E-state index contributed by atoms with van der Waals surface area (Å²) in [6.07, 6.45) is 9.99. The van der Waals surface area contributed by atoms with E-state index in [9.17, 15) is 0 Å². The number of nitrogen functional groups attached to an aromatic ring is 1. The van der Waals surface area contributed by atoms with Crippen LogP contribution in [0.25, 0.3) is 0 Å². The molecular formula is C17H24N6. The Bertz CT molecular complexity index is 630. The van der Waals surface area contributed by atoms with Crippen molar-refractivity contribution in [3.05, 3.63) is 36.4 Å². The molecule has 0 aliphatic carbocycles. The molecule has 0 saturated carbocycles. The number of pyridine rings is 1. The Morgan fingerprint density at radius 1 is 1.35 bits per heavy atom. The normalized spacial score (nSPS) is 18.0. The van der Waals surface area contributed by atoms with Gasteiger partial charge in [-0.1, -0.05) is 13.0 Å². The lowest BCUT2D eigenvalue weighted by Gasteiger charge is -2.36. The Labute approximate surface area is 137 Å². The zero-order chi connectivity index (χ0) is 16.1. The van der Waals surface area contributed by atoms with Crippen LogP contribution in [0.3, 0.4) is 0 Å². The third-order valence-electron chi connectivity index (χ3n) is 4.42. The van der Waals surface area contributed by atoms with E-state index >= 15 is 0 Å². The van der Waals surface area contributed by atoms with Crippen molar-refractivity contribution in [2.75, 3.05) is 22.5 Å². The van der Waals surface area contributed by atoms with Gasteiger partial charge in [0.25, 0.3) is 0 Å². The molecule has 1 atom stereocenters. The van der Waals surface area contributed by atoms with Crippen LogP contribution in [-0.2, 0) is 6.54 Å². The summed E-state index contributed by atoms with van der Waals surface area (Å²) in [5.74, 6) is 1.56. The predicted molar refractivity (Wildman–Crippen MR) is 93.3 cm³/mol. The van der Waals surface area contributed by atoms with Crippen LogP contribution in [0.15, 0.2) is 30.9 Å². The number of anilines is 3. The lowest BCUT2D eigenvalue weighted by Crippen LogP contribution is -2.40. The first-order valence-electron chi connectivity index (χ1n) is 8.29. The molecule has 1 aliphatic heterocycles. The predicted octanol–water partition coefficient (Wildman–Crippen LogP) is 2.83. The molecule has 6 nitrogen and oxygen atoms in total. The largest absolute Gasteiger partial charge is 0.393 e. The van der Waals surface area contributed by atoms with Crippen molar-refractivity contribution in [2.24, 2.45) is 0 Å². The zero-order valence-electron chi connectivity index (χ0n) is 13.6. The van der Waals surface area contributed by atoms with Crippen molar-refractivity contribution in [3.8, 4) is 0 Å². The molecule has 0 spiro atoms. The maximum absolute atomic E-state index is 6.35. The third-order valence-corrected chi connectivity index (χ3v) is 4.42. The Hall–Kier alpha value is -2.37. The minimum atomic E-state index is 0.520. The fourth-order valence-electron chi connectivity index (χ4n) is 3.15. The van der Waals surface area contributed by atoms with Crippen LogP contribution in [0, 0.1) is 0 Å². The highest BCUT2D eigenvalue weighted by molar-refractivity contribution is 5.75. The second kappa shape index (κ2) is 7.26. The van der Waals surface area contributed by atoms with Crippen molar-refractivity contribution in [1.29, 1.82) is 0 Å². The smallest absolute Gasteiger partial charge is 0.157 e. The lowest BCUT2D eigenvalue weighted by molar-refractivity contribution is 0.447. The van der Waals surface area contributed by atoms with Gasteiger partial charge in [-0.2, -0.15) is 0 Å². The number of aromatic nitrogens is 3. The first-order valence-corrected chi connectivity index (χ1v) is 8.29. The van der Waals surface area contributed by atoms with Gasteiger partial charge in [0.05, 0.1) is 0 Å². The molecule has 0 amide bonds. The highest BCUT2D eigenvalue weighted by Gasteiger charge is 2.24. The summed E-state index contributed by atoms with van der Waals surface area (Å²) in [6.45, 7) is 3.88. The van der Waals surface area contributed by atoms with Gasteiger partial charge in [-0.25, -0.2) is 9.97 Å². The van der Waals surface area contributed by atoms with E-state index in [0.29, 0.717) is 24.1 Å². The molecule has 3 N–H and O–H groups in total. The number of nitrogens with two attached hydrogens (primary N) is 1. The molecule has 1 aliphatic rings. The van der Waals surface area contributed by atoms with Crippen LogP contribution in [0.5, 0.6) is 0 Å². The molecule has 0 radical (unpaired) electrons. The molecule has 1 unspecified atom stereocenters. The van der Waals surface area contributed by atoms with E-state index in [1.165, 1.54) is 19.3 Å². The Balaban J connectivity index is 1.77. The maximum atomic E-state index is 6.35. The fourth-order valence-corrected chi connectivity index (χ4v) is 3.15. The molecule has 23 heavy (non-hydrogen) atoms. The number of hydrogen-bond donors (Lipinski definition) is 2. The molecule has 0 aromatic carbocycles. The van der Waals surface area contributed by atoms with Gasteiger partial charge in [0.15, 0.2) is 11.6 Å². The second-order valence-electron chi connectivity index (χ2n) is 5.93. The summed E-state index contributed by atoms with van der Waals surface area (Å²) in [5.41, 5.74) is 8.08. The minimum absolute atomic E-state index is 0.520. The van der Waals surface area contributed by atoms with Crippen LogP contribution < -0.4 is 16.0 Å². The third kappa shape index (κ3) is 3.52. The number of hydrogen-bond acceptors (Lipinski definition) is 6. The summed E-state index contributed by atoms with van der Waals surface area (Å²) >= 11 is 0. The first kappa shape index (κ1) is 15.5. The van der Waals surface area contributed by atoms with Crippen molar-refractivity contribution in [3.63, 3.8) is 0 Å². The molecule has 2 aromatic heterocycles. The van der Waals surface area contributed by atoms with Crippen molar-refractivity contribution in [1.82, 2.24) is 15.0 Å². The topological polar surface area (TPSA) is 80.0 Å². The molecule has 2 aromatic rings. The number of piperidine rings is 1. The van der Waals surface area contributed by atoms with Crippen LogP contribution in [0.4, 0.5) is 17.3 Å². The van der Waals surface area contributed by atoms with Gasteiger partial charge in [0, 0.05) is 31.5 Å². The highest BCUT2D eigenvalue weighted by Crippen LogP contribution is 2.32. The standard InChI is InChI=1S/C17H24N6/c1-2-14-7-3-4-9-23(14)17-15(18)16(21-12-22-17)20-11-13-6-5-8-19-10-13/h5-6,8,10,12,14H,2-4,7,9,11,18H2,1H3,(H,20,21,22). The van der Waals surface area contributed by atoms with Gasteiger partial charge < -0.3 is 16.0 Å². The van der Waals surface area contributed by atoms with Crippen LogP contribution in [0.1, 0.15) is 38.2 Å².